The highest BCUT2D eigenvalue weighted by Crippen LogP contribution is 2.08. The maximum atomic E-state index is 10.3. The van der Waals surface area contributed by atoms with Crippen molar-refractivity contribution in [3.8, 4) is 0 Å². The van der Waals surface area contributed by atoms with Crippen LogP contribution in [0.5, 0.6) is 0 Å². The predicted octanol–water partition coefficient (Wildman–Crippen LogP) is -0.959. The van der Waals surface area contributed by atoms with E-state index in [2.05, 4.69) is 4.99 Å². The fraction of sp³-hybridized carbons (Fsp3) is 1.00. The van der Waals surface area contributed by atoms with E-state index in [1.165, 1.54) is 7.05 Å². The first-order chi connectivity index (χ1) is 5.62. The van der Waals surface area contributed by atoms with Crippen LogP contribution in [0.15, 0.2) is 0 Å². The molecule has 0 saturated heterocycles. The highest BCUT2D eigenvalue weighted by Gasteiger charge is 2.30. The summed E-state index contributed by atoms with van der Waals surface area (Å²) in [5.74, 6) is 10.1. The van der Waals surface area contributed by atoms with Gasteiger partial charge in [-0.05, 0) is 20.8 Å². The highest BCUT2D eigenvalue weighted by molar-refractivity contribution is 4.53. The van der Waals surface area contributed by atoms with Crippen LogP contribution in [0.1, 0.15) is 20.8 Å². The van der Waals surface area contributed by atoms with Gasteiger partial charge in [0, 0.05) is 4.99 Å². The van der Waals surface area contributed by atoms with Crippen LogP contribution in [0.4, 0.5) is 0 Å². The van der Waals surface area contributed by atoms with E-state index in [4.69, 9.17) is 16.6 Å². The third kappa shape index (κ3) is 7.40. The summed E-state index contributed by atoms with van der Waals surface area (Å²) in [7, 11) is 1.34. The molecule has 0 fully saturated rings. The number of rotatable bonds is 4. The van der Waals surface area contributed by atoms with Crippen LogP contribution in [0.3, 0.4) is 0 Å². The number of quaternary nitrogens is 1. The fourth-order valence-electron chi connectivity index (χ4n) is 0.402. The lowest BCUT2D eigenvalue weighted by atomic mass is 10.2. The second-order valence-electron chi connectivity index (χ2n) is 3.69. The Balaban J connectivity index is 3.96. The van der Waals surface area contributed by atoms with Crippen molar-refractivity contribution < 1.29 is 19.7 Å². The molecule has 0 aromatic rings. The normalized spacial score (nSPS) is 16.4. The minimum atomic E-state index is -0.822. The Hall–Kier alpha value is -0.960. The molecule has 0 aromatic carbocycles. The third-order valence-corrected chi connectivity index (χ3v) is 0.739. The van der Waals surface area contributed by atoms with Crippen molar-refractivity contribution in [2.24, 2.45) is 11.7 Å². The summed E-state index contributed by atoms with van der Waals surface area (Å²) in [5, 5.41) is 0. The average molecular weight is 195 g/mol. The fourth-order valence-corrected chi connectivity index (χ4v) is 0.402. The van der Waals surface area contributed by atoms with Gasteiger partial charge in [0.05, 0.1) is 15.3 Å². The molecule has 0 radical (unpaired) electrons. The molecule has 5 N–H and O–H groups in total. The maximum Gasteiger partial charge on any atom is 0.294 e. The topological polar surface area (TPSA) is 103 Å². The summed E-state index contributed by atoms with van der Waals surface area (Å²) < 4.78 is 0. The Labute approximate surface area is 76.3 Å². The number of hydrazine groups is 2. The molecule has 0 spiro atoms. The van der Waals surface area contributed by atoms with Crippen LogP contribution in [0.2, 0.25) is 0 Å². The number of hydroxylamine groups is 1. The van der Waals surface area contributed by atoms with Gasteiger partial charge in [-0.2, -0.15) is 4.89 Å². The molecule has 8 nitrogen and oxygen atoms in total. The van der Waals surface area contributed by atoms with Crippen LogP contribution >= 0.6 is 0 Å². The number of nitrogens with zero attached hydrogens (tertiary/aromatic N) is 2. The van der Waals surface area contributed by atoms with Crippen molar-refractivity contribution in [1.29, 1.82) is 0 Å². The second kappa shape index (κ2) is 3.83. The lowest BCUT2D eigenvalue weighted by Gasteiger charge is -2.22. The molecule has 0 aliphatic carbocycles. The van der Waals surface area contributed by atoms with E-state index in [-0.39, 0.29) is 4.98 Å². The zero-order valence-corrected chi connectivity index (χ0v) is 8.27. The summed E-state index contributed by atoms with van der Waals surface area (Å²) in [6.07, 6.45) is 0. The lowest BCUT2D eigenvalue weighted by Crippen LogP contribution is -2.64. The van der Waals surface area contributed by atoms with Gasteiger partial charge in [-0.15, -0.1) is 11.7 Å². The van der Waals surface area contributed by atoms with Gasteiger partial charge >= 0.3 is 0 Å². The van der Waals surface area contributed by atoms with E-state index in [1.54, 1.807) is 20.8 Å². The summed E-state index contributed by atoms with van der Waals surface area (Å²) in [5.41, 5.74) is 1.49. The molecule has 8 heteroatoms. The highest BCUT2D eigenvalue weighted by atomic mass is 17.3. The quantitative estimate of drug-likeness (QED) is 0.175. The molecule has 0 aliphatic heterocycles. The number of nitrogens with one attached hydrogen (secondary N) is 1. The van der Waals surface area contributed by atoms with Crippen LogP contribution in [-0.2, 0) is 9.88 Å². The van der Waals surface area contributed by atoms with Crippen LogP contribution in [0, 0.1) is 4.91 Å². The number of nitrogens with two attached hydrogens (primary N) is 2. The first-order valence-corrected chi connectivity index (χ1v) is 3.65. The molecule has 0 amide bonds. The molecule has 78 valence electrons. The van der Waals surface area contributed by atoms with Crippen molar-refractivity contribution in [3.63, 3.8) is 0 Å². The number of hydrogen-bond acceptors (Lipinski definition) is 4. The molecule has 0 aliphatic rings. The van der Waals surface area contributed by atoms with Gasteiger partial charge in [-0.1, -0.05) is 0 Å². The largest absolute Gasteiger partial charge is 0.294 e. The molecule has 1 unspecified atom stereocenters. The van der Waals surface area contributed by atoms with Crippen LogP contribution in [0.25, 0.3) is 0 Å². The van der Waals surface area contributed by atoms with E-state index in [0.29, 0.717) is 0 Å². The Morgan fingerprint density at radius 3 is 2.23 bits per heavy atom. The lowest BCUT2D eigenvalue weighted by molar-refractivity contribution is -1.23. The maximum absolute atomic E-state index is 10.3. The Morgan fingerprint density at radius 1 is 1.46 bits per heavy atom. The van der Waals surface area contributed by atoms with Crippen molar-refractivity contribution in [3.05, 3.63) is 4.91 Å². The summed E-state index contributed by atoms with van der Waals surface area (Å²) in [4.78, 5) is 19.0. The molecule has 0 aromatic heterocycles. The van der Waals surface area contributed by atoms with Crippen molar-refractivity contribution >= 4 is 0 Å². The van der Waals surface area contributed by atoms with E-state index < -0.39 is 10.5 Å². The van der Waals surface area contributed by atoms with Gasteiger partial charge in [0.1, 0.15) is 5.60 Å². The molecule has 13 heavy (non-hydrogen) atoms. The van der Waals surface area contributed by atoms with Crippen molar-refractivity contribution in [2.75, 3.05) is 7.05 Å². The van der Waals surface area contributed by atoms with Crippen LogP contribution in [-0.4, -0.2) is 22.5 Å². The predicted molar refractivity (Wildman–Crippen MR) is 43.2 cm³/mol. The Kier molecular flexibility index (Phi) is 3.55. The average Bonchev–Trinajstić information content (AvgIpc) is 1.79. The van der Waals surface area contributed by atoms with Gasteiger partial charge in [0.25, 0.3) is 4.98 Å². The van der Waals surface area contributed by atoms with Crippen molar-refractivity contribution in [2.45, 2.75) is 26.4 Å². The minimum absolute atomic E-state index is 0.0774. The number of hydrogen-bond donors (Lipinski definition) is 3. The van der Waals surface area contributed by atoms with E-state index >= 15 is 0 Å². The standard InChI is InChI=1S/C5H17N5O3/c1-5(2,3)12-13-10(4,7)8-9(6)11/h7H2,1-4H3,(H3,6,8,11)/q+2. The van der Waals surface area contributed by atoms with Gasteiger partial charge in [-0.3, -0.25) is 0 Å². The zero-order chi connectivity index (χ0) is 10.7. The van der Waals surface area contributed by atoms with E-state index in [9.17, 15) is 4.91 Å². The molecular weight excluding hydrogens is 178 g/mol. The zero-order valence-electron chi connectivity index (χ0n) is 8.27. The van der Waals surface area contributed by atoms with Crippen LogP contribution < -0.4 is 17.2 Å². The van der Waals surface area contributed by atoms with E-state index in [0.717, 1.165) is 0 Å². The van der Waals surface area contributed by atoms with Gasteiger partial charge < -0.3 is 0 Å². The monoisotopic (exact) mass is 195 g/mol. The molecule has 0 saturated carbocycles. The second-order valence-corrected chi connectivity index (χ2v) is 3.69. The Bertz CT molecular complexity index is 187. The third-order valence-electron chi connectivity index (χ3n) is 0.739. The molecular formula is C5H17N5O3+2. The smallest absolute Gasteiger partial charge is 0.175 e. The summed E-state index contributed by atoms with van der Waals surface area (Å²) in [6, 6.07) is 0. The van der Waals surface area contributed by atoms with Gasteiger partial charge in [-0.25, -0.2) is 0 Å². The molecule has 0 bridgehead atoms. The Morgan fingerprint density at radius 2 is 1.92 bits per heavy atom. The molecule has 0 heterocycles. The first kappa shape index (κ1) is 12.0. The summed E-state index contributed by atoms with van der Waals surface area (Å²) in [6.45, 7) is 5.30. The first-order valence-electron chi connectivity index (χ1n) is 3.65. The minimum Gasteiger partial charge on any atom is -0.175 e. The van der Waals surface area contributed by atoms with Crippen molar-refractivity contribution in [1.82, 2.24) is 5.53 Å². The molecule has 1 atom stereocenters. The molecule has 0 rings (SSSR count). The number of nitroso groups, excluding NO2 is 1. The van der Waals surface area contributed by atoms with Gasteiger partial charge in [0.15, 0.2) is 7.05 Å². The SMILES string of the molecule is CC(C)(C)OO[N+](C)(N)N[N+](N)=O. The van der Waals surface area contributed by atoms with E-state index in [1.807, 2.05) is 5.53 Å². The summed E-state index contributed by atoms with van der Waals surface area (Å²) >= 11 is 0. The van der Waals surface area contributed by atoms with Gasteiger partial charge in [0.2, 0.25) is 0 Å².